The molecule has 0 aliphatic heterocycles. The number of hydrogen-bond acceptors (Lipinski definition) is 2. The first kappa shape index (κ1) is 21.5. The van der Waals surface area contributed by atoms with Gasteiger partial charge in [0.15, 0.2) is 0 Å². The second-order valence-electron chi connectivity index (χ2n) is 8.88. The topological polar surface area (TPSA) is 29.5 Å². The highest BCUT2D eigenvalue weighted by atomic mass is 16.5. The summed E-state index contributed by atoms with van der Waals surface area (Å²) in [5.74, 6) is 2.79. The molecule has 2 nitrogen and oxygen atoms in total. The van der Waals surface area contributed by atoms with E-state index >= 15 is 0 Å². The lowest BCUT2D eigenvalue weighted by Crippen LogP contribution is -2.20. The van der Waals surface area contributed by atoms with Crippen LogP contribution < -0.4 is 4.74 Å². The Hall–Kier alpha value is -2.74. The predicted octanol–water partition coefficient (Wildman–Crippen LogP) is 7.26. The van der Waals surface area contributed by atoms with Gasteiger partial charge in [-0.2, -0.15) is 0 Å². The second-order valence-corrected chi connectivity index (χ2v) is 8.88. The zero-order chi connectivity index (χ0) is 21.6. The summed E-state index contributed by atoms with van der Waals surface area (Å²) in [7, 11) is 0. The predicted molar refractivity (Wildman–Crippen MR) is 128 cm³/mol. The van der Waals surface area contributed by atoms with Gasteiger partial charge in [0.1, 0.15) is 11.5 Å². The van der Waals surface area contributed by atoms with Gasteiger partial charge in [0.2, 0.25) is 0 Å². The number of phenolic OH excluding ortho intramolecular Hbond substituents is 1. The number of aryl methyl sites for hydroxylation is 1. The molecule has 0 fully saturated rings. The number of fused-ring (bicyclic) bond motifs is 1. The van der Waals surface area contributed by atoms with Crippen LogP contribution in [0.25, 0.3) is 0 Å². The average Bonchev–Trinajstić information content (AvgIpc) is 2.82. The van der Waals surface area contributed by atoms with E-state index < -0.39 is 0 Å². The molecule has 2 heteroatoms. The standard InChI is InChI=1S/C29H34O2/c1-3-28(23-11-15-26(30)16-12-23)29(4-2)24-13-17-27(18-14-24)31-20-21-9-10-22-7-5-6-8-25(22)19-21/h5-8,11-18,21,28-30H,3-4,9-10,19-20H2,1-2H3. The van der Waals surface area contributed by atoms with E-state index in [-0.39, 0.29) is 0 Å². The molecule has 1 aliphatic carbocycles. The van der Waals surface area contributed by atoms with Gasteiger partial charge < -0.3 is 9.84 Å². The third-order valence-corrected chi connectivity index (χ3v) is 6.93. The first-order chi connectivity index (χ1) is 15.2. The van der Waals surface area contributed by atoms with Crippen molar-refractivity contribution in [3.05, 3.63) is 95.1 Å². The van der Waals surface area contributed by atoms with Crippen LogP contribution in [0.15, 0.2) is 72.8 Å². The fraction of sp³-hybridized carbons (Fsp3) is 0.379. The molecule has 4 rings (SSSR count). The lowest BCUT2D eigenvalue weighted by molar-refractivity contribution is 0.234. The summed E-state index contributed by atoms with van der Waals surface area (Å²) >= 11 is 0. The van der Waals surface area contributed by atoms with Crippen LogP contribution in [0.1, 0.15) is 67.2 Å². The molecule has 0 amide bonds. The number of benzene rings is 3. The van der Waals surface area contributed by atoms with Gasteiger partial charge >= 0.3 is 0 Å². The Kier molecular flexibility index (Phi) is 6.96. The van der Waals surface area contributed by atoms with E-state index in [0.717, 1.165) is 38.0 Å². The summed E-state index contributed by atoms with van der Waals surface area (Å²) in [5, 5.41) is 9.63. The van der Waals surface area contributed by atoms with Crippen molar-refractivity contribution >= 4 is 0 Å². The van der Waals surface area contributed by atoms with Gasteiger partial charge in [0, 0.05) is 0 Å². The molecule has 162 valence electrons. The molecule has 3 aromatic carbocycles. The van der Waals surface area contributed by atoms with Gasteiger partial charge in [-0.05, 0) is 96.4 Å². The van der Waals surface area contributed by atoms with E-state index in [4.69, 9.17) is 4.74 Å². The Morgan fingerprint density at radius 2 is 1.39 bits per heavy atom. The minimum Gasteiger partial charge on any atom is -0.508 e. The van der Waals surface area contributed by atoms with E-state index in [0.29, 0.717) is 23.5 Å². The van der Waals surface area contributed by atoms with Crippen molar-refractivity contribution in [3.63, 3.8) is 0 Å². The summed E-state index contributed by atoms with van der Waals surface area (Å²) in [4.78, 5) is 0. The Balaban J connectivity index is 1.39. The number of ether oxygens (including phenoxy) is 1. The molecule has 31 heavy (non-hydrogen) atoms. The van der Waals surface area contributed by atoms with Crippen molar-refractivity contribution in [2.45, 2.75) is 57.8 Å². The van der Waals surface area contributed by atoms with Crippen LogP contribution in [0.5, 0.6) is 11.5 Å². The van der Waals surface area contributed by atoms with E-state index in [1.165, 1.54) is 28.7 Å². The monoisotopic (exact) mass is 414 g/mol. The van der Waals surface area contributed by atoms with Gasteiger partial charge in [-0.25, -0.2) is 0 Å². The average molecular weight is 415 g/mol. The fourth-order valence-corrected chi connectivity index (χ4v) is 5.17. The molecule has 0 saturated carbocycles. The van der Waals surface area contributed by atoms with Crippen LogP contribution in [-0.2, 0) is 12.8 Å². The molecule has 0 heterocycles. The third-order valence-electron chi connectivity index (χ3n) is 6.93. The highest BCUT2D eigenvalue weighted by molar-refractivity contribution is 5.35. The van der Waals surface area contributed by atoms with Crippen molar-refractivity contribution in [1.29, 1.82) is 0 Å². The minimum absolute atomic E-state index is 0.328. The first-order valence-corrected chi connectivity index (χ1v) is 11.8. The molecule has 0 aromatic heterocycles. The highest BCUT2D eigenvalue weighted by Crippen LogP contribution is 2.39. The van der Waals surface area contributed by atoms with E-state index in [2.05, 4.69) is 74.5 Å². The molecule has 0 radical (unpaired) electrons. The zero-order valence-electron chi connectivity index (χ0n) is 18.8. The lowest BCUT2D eigenvalue weighted by atomic mass is 9.78. The van der Waals surface area contributed by atoms with Crippen LogP contribution in [-0.4, -0.2) is 11.7 Å². The molecule has 3 unspecified atom stereocenters. The van der Waals surface area contributed by atoms with E-state index in [1.807, 2.05) is 0 Å². The molecule has 3 aromatic rings. The lowest BCUT2D eigenvalue weighted by Gasteiger charge is -2.27. The summed E-state index contributed by atoms with van der Waals surface area (Å²) in [5.41, 5.74) is 5.66. The van der Waals surface area contributed by atoms with Crippen LogP contribution in [0, 0.1) is 5.92 Å². The van der Waals surface area contributed by atoms with Crippen LogP contribution in [0.3, 0.4) is 0 Å². The molecule has 1 N–H and O–H groups in total. The van der Waals surface area contributed by atoms with Gasteiger partial charge in [0.25, 0.3) is 0 Å². The van der Waals surface area contributed by atoms with Gasteiger partial charge in [-0.3, -0.25) is 0 Å². The van der Waals surface area contributed by atoms with Crippen molar-refractivity contribution in [2.75, 3.05) is 6.61 Å². The first-order valence-electron chi connectivity index (χ1n) is 11.8. The normalized spacial score (nSPS) is 17.5. The number of aromatic hydroxyl groups is 1. The number of hydrogen-bond donors (Lipinski definition) is 1. The van der Waals surface area contributed by atoms with E-state index in [9.17, 15) is 5.11 Å². The van der Waals surface area contributed by atoms with Gasteiger partial charge in [0.05, 0.1) is 6.61 Å². The second kappa shape index (κ2) is 10.0. The van der Waals surface area contributed by atoms with Crippen LogP contribution in [0.4, 0.5) is 0 Å². The van der Waals surface area contributed by atoms with Crippen LogP contribution in [0.2, 0.25) is 0 Å². The quantitative estimate of drug-likeness (QED) is 0.420. The molecule has 0 spiro atoms. The molecular formula is C29H34O2. The Morgan fingerprint density at radius 1 is 0.806 bits per heavy atom. The largest absolute Gasteiger partial charge is 0.508 e. The molecular weight excluding hydrogens is 380 g/mol. The summed E-state index contributed by atoms with van der Waals surface area (Å²) in [6, 6.07) is 25.3. The van der Waals surface area contributed by atoms with Gasteiger partial charge in [-0.1, -0.05) is 62.4 Å². The molecule has 3 atom stereocenters. The molecule has 0 bridgehead atoms. The minimum atomic E-state index is 0.328. The molecule has 1 aliphatic rings. The van der Waals surface area contributed by atoms with Crippen molar-refractivity contribution in [1.82, 2.24) is 0 Å². The van der Waals surface area contributed by atoms with Crippen molar-refractivity contribution in [2.24, 2.45) is 5.92 Å². The summed E-state index contributed by atoms with van der Waals surface area (Å²) in [6.07, 6.45) is 5.65. The third kappa shape index (κ3) is 5.12. The maximum absolute atomic E-state index is 9.63. The van der Waals surface area contributed by atoms with Crippen molar-refractivity contribution in [3.8, 4) is 11.5 Å². The Morgan fingerprint density at radius 3 is 2.00 bits per heavy atom. The fourth-order valence-electron chi connectivity index (χ4n) is 5.17. The highest BCUT2D eigenvalue weighted by Gasteiger charge is 2.22. The zero-order valence-corrected chi connectivity index (χ0v) is 18.8. The van der Waals surface area contributed by atoms with Crippen LogP contribution >= 0.6 is 0 Å². The molecule has 0 saturated heterocycles. The van der Waals surface area contributed by atoms with Crippen molar-refractivity contribution < 1.29 is 9.84 Å². The maximum atomic E-state index is 9.63. The summed E-state index contributed by atoms with van der Waals surface area (Å²) < 4.78 is 6.19. The number of phenols is 1. The van der Waals surface area contributed by atoms with E-state index in [1.54, 1.807) is 12.1 Å². The maximum Gasteiger partial charge on any atom is 0.119 e. The summed E-state index contributed by atoms with van der Waals surface area (Å²) in [6.45, 7) is 5.30. The smallest absolute Gasteiger partial charge is 0.119 e. The number of rotatable bonds is 8. The SMILES string of the molecule is CCC(c1ccc(O)cc1)C(CC)c1ccc(OCC2CCc3ccccc3C2)cc1. The van der Waals surface area contributed by atoms with Gasteiger partial charge in [-0.15, -0.1) is 0 Å². The Labute approximate surface area is 186 Å². The Bertz CT molecular complexity index is 959.